The molecule has 0 aromatic heterocycles. The largest absolute Gasteiger partial charge is 0.360 e. The lowest BCUT2D eigenvalue weighted by atomic mass is 9.87. The number of hydrogen-bond donors (Lipinski definition) is 1. The van der Waals surface area contributed by atoms with Gasteiger partial charge in [-0.1, -0.05) is 18.2 Å². The van der Waals surface area contributed by atoms with Gasteiger partial charge in [0.05, 0.1) is 5.69 Å². The molecule has 1 aromatic carbocycles. The number of benzene rings is 1. The highest BCUT2D eigenvalue weighted by Gasteiger charge is 2.71. The maximum absolute atomic E-state index is 12.9. The quantitative estimate of drug-likeness (QED) is 0.740. The molecule has 2 aliphatic carbocycles. The highest BCUT2D eigenvalue weighted by molar-refractivity contribution is 6.01. The highest BCUT2D eigenvalue weighted by atomic mass is 17.2. The molecule has 5 atom stereocenters. The van der Waals surface area contributed by atoms with E-state index in [9.17, 15) is 9.90 Å². The fraction of sp³-hybridized carbons (Fsp3) is 0.562. The number of fused-ring (bicyclic) bond motifs is 3. The molecule has 1 aromatic rings. The van der Waals surface area contributed by atoms with E-state index in [0.717, 1.165) is 24.9 Å². The van der Waals surface area contributed by atoms with Crippen molar-refractivity contribution in [3.63, 3.8) is 0 Å². The second-order valence-corrected chi connectivity index (χ2v) is 6.94. The minimum absolute atomic E-state index is 0.0449. The number of para-hydroxylation sites is 1. The molecule has 5 heteroatoms. The summed E-state index contributed by atoms with van der Waals surface area (Å²) in [5.74, 6) is -0.685. The van der Waals surface area contributed by atoms with Gasteiger partial charge in [-0.15, -0.1) is 0 Å². The zero-order chi connectivity index (χ0) is 14.4. The molecule has 2 saturated carbocycles. The first-order valence-electron chi connectivity index (χ1n) is 7.56. The van der Waals surface area contributed by atoms with E-state index >= 15 is 0 Å². The predicted octanol–water partition coefficient (Wildman–Crippen LogP) is 1.90. The van der Waals surface area contributed by atoms with Crippen molar-refractivity contribution < 1.29 is 19.7 Å². The van der Waals surface area contributed by atoms with Gasteiger partial charge >= 0.3 is 0 Å². The Kier molecular flexibility index (Phi) is 2.01. The van der Waals surface area contributed by atoms with Crippen molar-refractivity contribution in [2.45, 2.75) is 37.7 Å². The van der Waals surface area contributed by atoms with E-state index in [0.29, 0.717) is 11.5 Å². The average molecular weight is 287 g/mol. The lowest BCUT2D eigenvalue weighted by Gasteiger charge is -2.36. The Morgan fingerprint density at radius 3 is 2.90 bits per heavy atom. The van der Waals surface area contributed by atoms with Crippen molar-refractivity contribution in [3.8, 4) is 0 Å². The second kappa shape index (κ2) is 3.48. The van der Waals surface area contributed by atoms with Crippen LogP contribution >= 0.6 is 0 Å². The lowest BCUT2D eigenvalue weighted by Crippen LogP contribution is -2.49. The zero-order valence-corrected chi connectivity index (χ0v) is 11.8. The number of amides is 1. The summed E-state index contributed by atoms with van der Waals surface area (Å²) in [5.41, 5.74) is 0.585. The Morgan fingerprint density at radius 1 is 1.29 bits per heavy atom. The van der Waals surface area contributed by atoms with Crippen LogP contribution in [0, 0.1) is 17.8 Å². The number of carbonyl (C=O) groups excluding carboxylic acids is 1. The first kappa shape index (κ1) is 12.1. The van der Waals surface area contributed by atoms with E-state index in [1.54, 1.807) is 17.9 Å². The summed E-state index contributed by atoms with van der Waals surface area (Å²) in [6.45, 7) is 1.56. The van der Waals surface area contributed by atoms with Crippen molar-refractivity contribution in [2.75, 3.05) is 4.90 Å². The third-order valence-electron chi connectivity index (χ3n) is 5.73. The second-order valence-electron chi connectivity index (χ2n) is 6.94. The minimum Gasteiger partial charge on any atom is -0.360 e. The van der Waals surface area contributed by atoms with Gasteiger partial charge in [-0.25, -0.2) is 4.89 Å². The van der Waals surface area contributed by atoms with Crippen LogP contribution in [0.1, 0.15) is 31.7 Å². The van der Waals surface area contributed by atoms with Gasteiger partial charge < -0.3 is 5.11 Å². The van der Waals surface area contributed by atoms with Crippen LogP contribution in [0.15, 0.2) is 24.3 Å². The van der Waals surface area contributed by atoms with E-state index in [1.165, 1.54) is 0 Å². The monoisotopic (exact) mass is 287 g/mol. The first-order chi connectivity index (χ1) is 10.0. The van der Waals surface area contributed by atoms with Gasteiger partial charge in [-0.05, 0) is 31.7 Å². The van der Waals surface area contributed by atoms with Gasteiger partial charge in [0.25, 0.3) is 0 Å². The van der Waals surface area contributed by atoms with Gasteiger partial charge in [-0.2, -0.15) is 4.89 Å². The zero-order valence-electron chi connectivity index (χ0n) is 11.8. The summed E-state index contributed by atoms with van der Waals surface area (Å²) in [6.07, 6.45) is 2.77. The van der Waals surface area contributed by atoms with E-state index < -0.39 is 11.5 Å². The Balaban J connectivity index is 1.77. The standard InChI is InChI=1S/C16H17NO4/c1-15(19)11-4-2-3-5-13(11)17-14(18)10-6-9-7-12(10)16(17,8-9)21-20-15/h2-5,9-10,12,19H,6-8H2,1H3/t9-,10+,12-,15-,16+/m1/s1. The number of anilines is 1. The van der Waals surface area contributed by atoms with Crippen molar-refractivity contribution in [2.24, 2.45) is 17.8 Å². The Labute approximate surface area is 122 Å². The third kappa shape index (κ3) is 1.26. The maximum Gasteiger partial charge on any atom is 0.233 e. The topological polar surface area (TPSA) is 59.0 Å². The molecule has 1 spiro atoms. The van der Waals surface area contributed by atoms with Crippen molar-refractivity contribution in [1.82, 2.24) is 0 Å². The molecule has 1 amide bonds. The van der Waals surface area contributed by atoms with E-state index in [2.05, 4.69) is 0 Å². The van der Waals surface area contributed by atoms with Gasteiger partial charge in [-0.3, -0.25) is 9.69 Å². The van der Waals surface area contributed by atoms with Crippen molar-refractivity contribution >= 4 is 11.6 Å². The van der Waals surface area contributed by atoms with Crippen LogP contribution in [0.3, 0.4) is 0 Å². The van der Waals surface area contributed by atoms with Crippen LogP contribution < -0.4 is 4.90 Å². The molecule has 2 bridgehead atoms. The van der Waals surface area contributed by atoms with Crippen LogP contribution in [0.5, 0.6) is 0 Å². The molecule has 0 radical (unpaired) electrons. The Hall–Kier alpha value is -1.43. The predicted molar refractivity (Wildman–Crippen MR) is 72.7 cm³/mol. The van der Waals surface area contributed by atoms with Crippen LogP contribution in [0.4, 0.5) is 5.69 Å². The summed E-state index contributed by atoms with van der Waals surface area (Å²) in [6, 6.07) is 7.38. The summed E-state index contributed by atoms with van der Waals surface area (Å²) in [5, 5.41) is 10.6. The molecule has 5 nitrogen and oxygen atoms in total. The average Bonchev–Trinajstić information content (AvgIpc) is 3.04. The summed E-state index contributed by atoms with van der Waals surface area (Å²) < 4.78 is 0. The summed E-state index contributed by atoms with van der Waals surface area (Å²) in [4.78, 5) is 25.8. The summed E-state index contributed by atoms with van der Waals surface area (Å²) >= 11 is 0. The molecule has 5 rings (SSSR count). The first-order valence-corrected chi connectivity index (χ1v) is 7.56. The van der Waals surface area contributed by atoms with E-state index in [1.807, 2.05) is 18.2 Å². The molecule has 1 saturated heterocycles. The molecular weight excluding hydrogens is 270 g/mol. The van der Waals surface area contributed by atoms with Crippen molar-refractivity contribution in [3.05, 3.63) is 29.8 Å². The number of carbonyl (C=O) groups is 1. The number of hydrogen-bond acceptors (Lipinski definition) is 4. The summed E-state index contributed by atoms with van der Waals surface area (Å²) in [7, 11) is 0. The number of nitrogens with zero attached hydrogens (tertiary/aromatic N) is 1. The molecule has 21 heavy (non-hydrogen) atoms. The Bertz CT molecular complexity index is 657. The van der Waals surface area contributed by atoms with Crippen molar-refractivity contribution in [1.29, 1.82) is 0 Å². The van der Waals surface area contributed by atoms with Crippen LogP contribution in [0.2, 0.25) is 0 Å². The SMILES string of the molecule is C[C@@]1(O)OO[C@]23C[C@@H]4C[C@H](C(=O)N2c2ccccc21)[C@H]3C4. The molecular formula is C16H17NO4. The molecule has 0 unspecified atom stereocenters. The molecule has 110 valence electrons. The third-order valence-corrected chi connectivity index (χ3v) is 5.73. The molecule has 4 aliphatic rings. The smallest absolute Gasteiger partial charge is 0.233 e. The van der Waals surface area contributed by atoms with Crippen LogP contribution in [-0.4, -0.2) is 16.7 Å². The minimum atomic E-state index is -1.55. The molecule has 1 N–H and O–H groups in total. The highest BCUT2D eigenvalue weighted by Crippen LogP contribution is 2.64. The van der Waals surface area contributed by atoms with Gasteiger partial charge in [0.2, 0.25) is 11.7 Å². The van der Waals surface area contributed by atoms with Crippen LogP contribution in [0.25, 0.3) is 0 Å². The van der Waals surface area contributed by atoms with E-state index in [-0.39, 0.29) is 17.7 Å². The normalized spacial score (nSPS) is 46.5. The molecule has 3 fully saturated rings. The van der Waals surface area contributed by atoms with Gasteiger partial charge in [0.15, 0.2) is 5.72 Å². The fourth-order valence-corrected chi connectivity index (χ4v) is 4.97. The maximum atomic E-state index is 12.9. The fourth-order valence-electron chi connectivity index (χ4n) is 4.97. The van der Waals surface area contributed by atoms with E-state index in [4.69, 9.17) is 9.78 Å². The van der Waals surface area contributed by atoms with Gasteiger partial charge in [0.1, 0.15) is 0 Å². The lowest BCUT2D eigenvalue weighted by molar-refractivity contribution is -0.461. The van der Waals surface area contributed by atoms with Crippen LogP contribution in [-0.2, 0) is 20.4 Å². The molecule has 2 aliphatic heterocycles. The Morgan fingerprint density at radius 2 is 2.10 bits per heavy atom. The van der Waals surface area contributed by atoms with Gasteiger partial charge in [0, 0.05) is 23.8 Å². The molecule has 2 heterocycles. The number of aliphatic hydroxyl groups is 1. The number of rotatable bonds is 0.